The van der Waals surface area contributed by atoms with E-state index in [9.17, 15) is 0 Å². The van der Waals surface area contributed by atoms with E-state index in [1.54, 1.807) is 26.3 Å². The highest BCUT2D eigenvalue weighted by Gasteiger charge is 2.06. The van der Waals surface area contributed by atoms with Gasteiger partial charge in [-0.15, -0.1) is 0 Å². The Kier molecular flexibility index (Phi) is 2.14. The molecule has 0 aliphatic carbocycles. The molecule has 0 N–H and O–H groups in total. The second-order valence-electron chi connectivity index (χ2n) is 2.74. The lowest BCUT2D eigenvalue weighted by molar-refractivity contribution is 0.397. The lowest BCUT2D eigenvalue weighted by atomic mass is 10.3. The van der Waals surface area contributed by atoms with Crippen LogP contribution in [0.4, 0.5) is 0 Å². The van der Waals surface area contributed by atoms with Gasteiger partial charge in [-0.2, -0.15) is 4.98 Å². The molecule has 0 atom stereocenters. The first-order valence-electron chi connectivity index (χ1n) is 4.10. The summed E-state index contributed by atoms with van der Waals surface area (Å²) in [4.78, 5) is 8.11. The highest BCUT2D eigenvalue weighted by Crippen LogP contribution is 2.17. The fraction of sp³-hybridized carbons (Fsp3) is 0.222. The van der Waals surface area contributed by atoms with Crippen LogP contribution in [-0.2, 0) is 0 Å². The third-order valence-corrected chi connectivity index (χ3v) is 1.72. The van der Waals surface area contributed by atoms with Gasteiger partial charge in [-0.1, -0.05) is 5.16 Å². The zero-order chi connectivity index (χ0) is 9.97. The summed E-state index contributed by atoms with van der Waals surface area (Å²) in [7, 11) is 1.57. The molecule has 14 heavy (non-hydrogen) atoms. The lowest BCUT2D eigenvalue weighted by Crippen LogP contribution is -1.87. The number of rotatable bonds is 2. The number of aromatic nitrogens is 3. The molecule has 0 radical (unpaired) electrons. The van der Waals surface area contributed by atoms with Crippen LogP contribution in [0.1, 0.15) is 5.82 Å². The molecule has 0 unspecified atom stereocenters. The summed E-state index contributed by atoms with van der Waals surface area (Å²) in [6, 6.07) is 3.56. The second-order valence-corrected chi connectivity index (χ2v) is 2.74. The quantitative estimate of drug-likeness (QED) is 0.718. The molecule has 5 nitrogen and oxygen atoms in total. The Balaban J connectivity index is 2.33. The number of ether oxygens (including phenoxy) is 1. The Morgan fingerprint density at radius 1 is 1.36 bits per heavy atom. The minimum atomic E-state index is 0.470. The van der Waals surface area contributed by atoms with Crippen LogP contribution in [0, 0.1) is 6.92 Å². The summed E-state index contributed by atoms with van der Waals surface area (Å²) in [6.07, 6.45) is 1.63. The van der Waals surface area contributed by atoms with E-state index in [1.165, 1.54) is 0 Å². The molecule has 2 aromatic heterocycles. The standard InChI is InChI=1S/C9H9N3O2/c1-6-11-9(14-12-6)7-3-4-8(13-2)10-5-7/h3-5H,1-2H3. The molecular formula is C9H9N3O2. The van der Waals surface area contributed by atoms with Gasteiger partial charge in [-0.3, -0.25) is 0 Å². The van der Waals surface area contributed by atoms with Gasteiger partial charge in [0.2, 0.25) is 5.88 Å². The van der Waals surface area contributed by atoms with Crippen LogP contribution in [0.3, 0.4) is 0 Å². The van der Waals surface area contributed by atoms with Gasteiger partial charge in [0, 0.05) is 12.3 Å². The first-order valence-corrected chi connectivity index (χ1v) is 4.10. The van der Waals surface area contributed by atoms with Crippen molar-refractivity contribution >= 4 is 0 Å². The lowest BCUT2D eigenvalue weighted by Gasteiger charge is -1.97. The van der Waals surface area contributed by atoms with E-state index in [0.717, 1.165) is 5.56 Å². The first-order chi connectivity index (χ1) is 6.79. The predicted molar refractivity (Wildman–Crippen MR) is 48.8 cm³/mol. The van der Waals surface area contributed by atoms with E-state index in [-0.39, 0.29) is 0 Å². The minimum Gasteiger partial charge on any atom is -0.481 e. The molecule has 2 heterocycles. The molecule has 0 saturated carbocycles. The van der Waals surface area contributed by atoms with E-state index in [4.69, 9.17) is 9.26 Å². The van der Waals surface area contributed by atoms with Crippen LogP contribution in [0.5, 0.6) is 5.88 Å². The Morgan fingerprint density at radius 3 is 2.71 bits per heavy atom. The van der Waals surface area contributed by atoms with Crippen LogP contribution in [0.25, 0.3) is 11.5 Å². The molecule has 0 saturated heterocycles. The third-order valence-electron chi connectivity index (χ3n) is 1.72. The average molecular weight is 191 g/mol. The molecule has 2 aromatic rings. The van der Waals surface area contributed by atoms with Gasteiger partial charge in [-0.25, -0.2) is 4.98 Å². The maximum absolute atomic E-state index is 4.98. The Bertz CT molecular complexity index is 422. The number of hydrogen-bond donors (Lipinski definition) is 0. The minimum absolute atomic E-state index is 0.470. The monoisotopic (exact) mass is 191 g/mol. The molecule has 0 aromatic carbocycles. The smallest absolute Gasteiger partial charge is 0.259 e. The van der Waals surface area contributed by atoms with Crippen LogP contribution >= 0.6 is 0 Å². The molecular weight excluding hydrogens is 182 g/mol. The third kappa shape index (κ3) is 1.56. The van der Waals surface area contributed by atoms with Gasteiger partial charge in [0.15, 0.2) is 5.82 Å². The van der Waals surface area contributed by atoms with Gasteiger partial charge in [-0.05, 0) is 13.0 Å². The maximum Gasteiger partial charge on any atom is 0.259 e. The molecule has 72 valence electrons. The number of nitrogens with zero attached hydrogens (tertiary/aromatic N) is 3. The van der Waals surface area contributed by atoms with Crippen LogP contribution in [0.2, 0.25) is 0 Å². The highest BCUT2D eigenvalue weighted by atomic mass is 16.5. The second kappa shape index (κ2) is 3.45. The van der Waals surface area contributed by atoms with E-state index in [1.807, 2.05) is 6.07 Å². The molecule has 0 fully saturated rings. The van der Waals surface area contributed by atoms with Crippen LogP contribution in [-0.4, -0.2) is 22.2 Å². The van der Waals surface area contributed by atoms with Crippen molar-refractivity contribution in [2.45, 2.75) is 6.92 Å². The van der Waals surface area contributed by atoms with E-state index in [0.29, 0.717) is 17.6 Å². The molecule has 0 aliphatic rings. The van der Waals surface area contributed by atoms with E-state index in [2.05, 4.69) is 15.1 Å². The van der Waals surface area contributed by atoms with Gasteiger partial charge < -0.3 is 9.26 Å². The largest absolute Gasteiger partial charge is 0.481 e. The average Bonchev–Trinajstić information content (AvgIpc) is 2.65. The summed E-state index contributed by atoms with van der Waals surface area (Å²) in [5, 5.41) is 3.69. The first kappa shape index (κ1) is 8.68. The van der Waals surface area contributed by atoms with Crippen LogP contribution < -0.4 is 4.74 Å². The SMILES string of the molecule is COc1ccc(-c2nc(C)no2)cn1. The van der Waals surface area contributed by atoms with Crippen molar-refractivity contribution in [1.82, 2.24) is 15.1 Å². The topological polar surface area (TPSA) is 61.0 Å². The van der Waals surface area contributed by atoms with Crippen molar-refractivity contribution < 1.29 is 9.26 Å². The molecule has 0 spiro atoms. The number of aryl methyl sites for hydroxylation is 1. The Morgan fingerprint density at radius 2 is 2.21 bits per heavy atom. The zero-order valence-electron chi connectivity index (χ0n) is 7.89. The number of methoxy groups -OCH3 is 1. The maximum atomic E-state index is 4.98. The zero-order valence-corrected chi connectivity index (χ0v) is 7.89. The number of pyridine rings is 1. The van der Waals surface area contributed by atoms with Crippen molar-refractivity contribution in [3.63, 3.8) is 0 Å². The highest BCUT2D eigenvalue weighted by molar-refractivity contribution is 5.51. The summed E-state index contributed by atoms with van der Waals surface area (Å²) >= 11 is 0. The van der Waals surface area contributed by atoms with Crippen molar-refractivity contribution in [2.75, 3.05) is 7.11 Å². The molecule has 5 heteroatoms. The number of hydrogen-bond acceptors (Lipinski definition) is 5. The fourth-order valence-corrected chi connectivity index (χ4v) is 1.04. The molecule has 0 bridgehead atoms. The van der Waals surface area contributed by atoms with Crippen molar-refractivity contribution in [2.24, 2.45) is 0 Å². The molecule has 0 amide bonds. The molecule has 0 aliphatic heterocycles. The van der Waals surface area contributed by atoms with Crippen molar-refractivity contribution in [1.29, 1.82) is 0 Å². The summed E-state index contributed by atoms with van der Waals surface area (Å²) < 4.78 is 9.91. The fourth-order valence-electron chi connectivity index (χ4n) is 1.04. The van der Waals surface area contributed by atoms with Gasteiger partial charge in [0.05, 0.1) is 12.7 Å². The van der Waals surface area contributed by atoms with Gasteiger partial charge in [0.1, 0.15) is 0 Å². The van der Waals surface area contributed by atoms with Crippen molar-refractivity contribution in [3.8, 4) is 17.3 Å². The van der Waals surface area contributed by atoms with Gasteiger partial charge in [0.25, 0.3) is 5.89 Å². The van der Waals surface area contributed by atoms with Crippen molar-refractivity contribution in [3.05, 3.63) is 24.2 Å². The van der Waals surface area contributed by atoms with Gasteiger partial charge >= 0.3 is 0 Å². The Hall–Kier alpha value is -1.91. The summed E-state index contributed by atoms with van der Waals surface area (Å²) in [6.45, 7) is 1.77. The van der Waals surface area contributed by atoms with E-state index < -0.39 is 0 Å². The summed E-state index contributed by atoms with van der Waals surface area (Å²) in [5.74, 6) is 1.64. The predicted octanol–water partition coefficient (Wildman–Crippen LogP) is 1.45. The Labute approximate surface area is 80.7 Å². The normalized spacial score (nSPS) is 10.1. The van der Waals surface area contributed by atoms with Crippen LogP contribution in [0.15, 0.2) is 22.9 Å². The summed E-state index contributed by atoms with van der Waals surface area (Å²) in [5.41, 5.74) is 0.784. The molecule has 2 rings (SSSR count). The van der Waals surface area contributed by atoms with E-state index >= 15 is 0 Å².